The maximum Gasteiger partial charge on any atom is 0.282 e. The SMILES string of the molecule is FC(F)c1cc(Cc2ncc(Cl)cn2)n(-c2cccc(Cl)c2)n1. The second-order valence-corrected chi connectivity index (χ2v) is 5.62. The summed E-state index contributed by atoms with van der Waals surface area (Å²) in [6.45, 7) is 0. The van der Waals surface area contributed by atoms with Gasteiger partial charge in [-0.15, -0.1) is 0 Å². The predicted molar refractivity (Wildman–Crippen MR) is 83.4 cm³/mol. The van der Waals surface area contributed by atoms with Crippen molar-refractivity contribution >= 4 is 23.2 Å². The number of hydrogen-bond acceptors (Lipinski definition) is 3. The Hall–Kier alpha value is -2.05. The lowest BCUT2D eigenvalue weighted by molar-refractivity contribution is 0.145. The molecule has 0 spiro atoms. The fraction of sp³-hybridized carbons (Fsp3) is 0.133. The molecule has 2 heterocycles. The Balaban J connectivity index is 2.02. The lowest BCUT2D eigenvalue weighted by atomic mass is 10.2. The fourth-order valence-corrected chi connectivity index (χ4v) is 2.38. The number of hydrogen-bond donors (Lipinski definition) is 0. The van der Waals surface area contributed by atoms with Gasteiger partial charge in [-0.3, -0.25) is 0 Å². The summed E-state index contributed by atoms with van der Waals surface area (Å²) in [6.07, 6.45) is 0.486. The normalized spacial score (nSPS) is 11.2. The number of alkyl halides is 2. The van der Waals surface area contributed by atoms with Gasteiger partial charge in [-0.2, -0.15) is 5.10 Å². The first-order valence-corrected chi connectivity index (χ1v) is 7.38. The number of aromatic nitrogens is 4. The van der Waals surface area contributed by atoms with E-state index < -0.39 is 6.43 Å². The van der Waals surface area contributed by atoms with Gasteiger partial charge < -0.3 is 0 Å². The van der Waals surface area contributed by atoms with E-state index in [1.165, 1.54) is 23.1 Å². The molecule has 0 radical (unpaired) electrons. The lowest BCUT2D eigenvalue weighted by Gasteiger charge is -2.07. The molecule has 0 aliphatic rings. The molecule has 0 saturated heterocycles. The van der Waals surface area contributed by atoms with Gasteiger partial charge in [0.25, 0.3) is 6.43 Å². The minimum absolute atomic E-state index is 0.239. The predicted octanol–water partition coefficient (Wildman–Crippen LogP) is 4.50. The third-order valence-corrected chi connectivity index (χ3v) is 3.52. The molecule has 3 rings (SSSR count). The molecule has 0 aliphatic heterocycles. The highest BCUT2D eigenvalue weighted by Crippen LogP contribution is 2.23. The van der Waals surface area contributed by atoms with E-state index in [1.54, 1.807) is 24.3 Å². The van der Waals surface area contributed by atoms with Crippen molar-refractivity contribution in [3.63, 3.8) is 0 Å². The van der Waals surface area contributed by atoms with Crippen LogP contribution >= 0.6 is 23.2 Å². The molecule has 0 saturated carbocycles. The van der Waals surface area contributed by atoms with Crippen LogP contribution in [-0.2, 0) is 6.42 Å². The molecule has 3 aromatic rings. The van der Waals surface area contributed by atoms with Crippen LogP contribution in [0.4, 0.5) is 8.78 Å². The summed E-state index contributed by atoms with van der Waals surface area (Å²) in [6, 6.07) is 8.15. The average molecular weight is 355 g/mol. The van der Waals surface area contributed by atoms with Crippen LogP contribution in [0.5, 0.6) is 0 Å². The number of halogens is 4. The maximum absolute atomic E-state index is 13.0. The van der Waals surface area contributed by atoms with E-state index in [1.807, 2.05) is 0 Å². The van der Waals surface area contributed by atoms with Gasteiger partial charge in [0.05, 0.1) is 22.8 Å². The first-order valence-electron chi connectivity index (χ1n) is 6.62. The van der Waals surface area contributed by atoms with Crippen molar-refractivity contribution in [3.05, 3.63) is 70.0 Å². The van der Waals surface area contributed by atoms with Crippen molar-refractivity contribution < 1.29 is 8.78 Å². The first-order chi connectivity index (χ1) is 11.0. The van der Waals surface area contributed by atoms with E-state index in [0.29, 0.717) is 27.3 Å². The molecule has 0 fully saturated rings. The highest BCUT2D eigenvalue weighted by molar-refractivity contribution is 6.30. The summed E-state index contributed by atoms with van der Waals surface area (Å²) in [5, 5.41) is 4.86. The Morgan fingerprint density at radius 1 is 1.04 bits per heavy atom. The van der Waals surface area contributed by atoms with Crippen molar-refractivity contribution in [2.24, 2.45) is 0 Å². The lowest BCUT2D eigenvalue weighted by Crippen LogP contribution is -2.05. The van der Waals surface area contributed by atoms with Gasteiger partial charge in [0.15, 0.2) is 0 Å². The minimum Gasteiger partial charge on any atom is -0.239 e. The second kappa shape index (κ2) is 6.60. The summed E-state index contributed by atoms with van der Waals surface area (Å²) in [5.41, 5.74) is 0.812. The summed E-state index contributed by atoms with van der Waals surface area (Å²) in [5.74, 6) is 0.457. The third-order valence-electron chi connectivity index (χ3n) is 3.09. The fourth-order valence-electron chi connectivity index (χ4n) is 2.10. The monoisotopic (exact) mass is 354 g/mol. The van der Waals surface area contributed by atoms with Gasteiger partial charge in [0.2, 0.25) is 0 Å². The van der Waals surface area contributed by atoms with Crippen molar-refractivity contribution in [3.8, 4) is 5.69 Å². The van der Waals surface area contributed by atoms with Crippen LogP contribution < -0.4 is 0 Å². The molecule has 4 nitrogen and oxygen atoms in total. The van der Waals surface area contributed by atoms with Crippen LogP contribution in [0.3, 0.4) is 0 Å². The largest absolute Gasteiger partial charge is 0.282 e. The van der Waals surface area contributed by atoms with E-state index >= 15 is 0 Å². The Kier molecular flexibility index (Phi) is 4.54. The van der Waals surface area contributed by atoms with Gasteiger partial charge in [0.1, 0.15) is 11.5 Å². The number of benzene rings is 1. The van der Waals surface area contributed by atoms with Gasteiger partial charge in [-0.25, -0.2) is 23.4 Å². The molecule has 0 aliphatic carbocycles. The summed E-state index contributed by atoms with van der Waals surface area (Å²) >= 11 is 11.7. The quantitative estimate of drug-likeness (QED) is 0.692. The molecule has 23 heavy (non-hydrogen) atoms. The summed E-state index contributed by atoms with van der Waals surface area (Å²) in [4.78, 5) is 8.16. The highest BCUT2D eigenvalue weighted by atomic mass is 35.5. The standard InChI is InChI=1S/C15H10Cl2F2N4/c16-9-2-1-3-11(4-9)23-12(5-13(22-23)15(18)19)6-14-20-7-10(17)8-21-14/h1-5,7-8,15H,6H2. The Morgan fingerprint density at radius 2 is 1.78 bits per heavy atom. The molecule has 0 atom stereocenters. The van der Waals surface area contributed by atoms with Gasteiger partial charge in [-0.05, 0) is 24.3 Å². The minimum atomic E-state index is -2.67. The summed E-state index contributed by atoms with van der Waals surface area (Å²) < 4.78 is 27.4. The first kappa shape index (κ1) is 15.8. The Bertz CT molecular complexity index is 819. The van der Waals surface area contributed by atoms with Crippen LogP contribution in [0.15, 0.2) is 42.7 Å². The molecule has 2 aromatic heterocycles. The molecule has 1 aromatic carbocycles. The van der Waals surface area contributed by atoms with E-state index in [-0.39, 0.29) is 12.1 Å². The van der Waals surface area contributed by atoms with Crippen LogP contribution in [0.1, 0.15) is 23.6 Å². The Morgan fingerprint density at radius 3 is 2.43 bits per heavy atom. The maximum atomic E-state index is 13.0. The van der Waals surface area contributed by atoms with Gasteiger partial charge in [0, 0.05) is 17.4 Å². The van der Waals surface area contributed by atoms with Gasteiger partial charge in [-0.1, -0.05) is 29.3 Å². The van der Waals surface area contributed by atoms with Crippen LogP contribution in [0.25, 0.3) is 5.69 Å². The molecule has 0 unspecified atom stereocenters. The van der Waals surface area contributed by atoms with E-state index in [0.717, 1.165) is 0 Å². The van der Waals surface area contributed by atoms with Gasteiger partial charge >= 0.3 is 0 Å². The van der Waals surface area contributed by atoms with E-state index in [2.05, 4.69) is 15.1 Å². The van der Waals surface area contributed by atoms with Crippen LogP contribution in [0.2, 0.25) is 10.0 Å². The molecule has 8 heteroatoms. The molecule has 0 bridgehead atoms. The Labute approximate surface area is 140 Å². The second-order valence-electron chi connectivity index (χ2n) is 4.75. The smallest absolute Gasteiger partial charge is 0.239 e. The highest BCUT2D eigenvalue weighted by Gasteiger charge is 2.17. The molecule has 118 valence electrons. The molecule has 0 N–H and O–H groups in total. The molecular formula is C15H10Cl2F2N4. The van der Waals surface area contributed by atoms with Crippen molar-refractivity contribution in [1.29, 1.82) is 0 Å². The van der Waals surface area contributed by atoms with E-state index in [4.69, 9.17) is 23.2 Å². The topological polar surface area (TPSA) is 43.6 Å². The van der Waals surface area contributed by atoms with Crippen LogP contribution in [0, 0.1) is 0 Å². The number of nitrogens with zero attached hydrogens (tertiary/aromatic N) is 4. The average Bonchev–Trinajstić information content (AvgIpc) is 2.94. The van der Waals surface area contributed by atoms with E-state index in [9.17, 15) is 8.78 Å². The molecular weight excluding hydrogens is 345 g/mol. The van der Waals surface area contributed by atoms with Crippen LogP contribution in [-0.4, -0.2) is 19.7 Å². The summed E-state index contributed by atoms with van der Waals surface area (Å²) in [7, 11) is 0. The van der Waals surface area contributed by atoms with Crippen molar-refractivity contribution in [1.82, 2.24) is 19.7 Å². The zero-order valence-electron chi connectivity index (χ0n) is 11.6. The third kappa shape index (κ3) is 3.65. The van der Waals surface area contributed by atoms with Crippen molar-refractivity contribution in [2.75, 3.05) is 0 Å². The molecule has 0 amide bonds. The zero-order valence-corrected chi connectivity index (χ0v) is 13.1. The number of rotatable bonds is 4. The van der Waals surface area contributed by atoms with Crippen molar-refractivity contribution in [2.45, 2.75) is 12.8 Å². The zero-order chi connectivity index (χ0) is 16.4.